The second-order valence-electron chi connectivity index (χ2n) is 3.50. The van der Waals surface area contributed by atoms with Crippen LogP contribution in [0.5, 0.6) is 5.75 Å². The summed E-state index contributed by atoms with van der Waals surface area (Å²) < 4.78 is 7.17. The van der Waals surface area contributed by atoms with Crippen LogP contribution in [0.4, 0.5) is 5.95 Å². The number of para-hydroxylation sites is 1. The fourth-order valence-corrected chi connectivity index (χ4v) is 2.62. The van der Waals surface area contributed by atoms with E-state index in [1.165, 1.54) is 11.3 Å². The van der Waals surface area contributed by atoms with Gasteiger partial charge in [0.2, 0.25) is 10.9 Å². The predicted molar refractivity (Wildman–Crippen MR) is 67.3 cm³/mol. The van der Waals surface area contributed by atoms with Crippen LogP contribution in [0.3, 0.4) is 0 Å². The molecule has 86 valence electrons. The normalized spacial score (nSPS) is 10.9. The molecule has 2 aromatic heterocycles. The topological polar surface area (TPSA) is 65.4 Å². The largest absolute Gasteiger partial charge is 0.496 e. The minimum absolute atomic E-state index is 0.391. The van der Waals surface area contributed by atoms with E-state index in [9.17, 15) is 0 Å². The van der Waals surface area contributed by atoms with Gasteiger partial charge < -0.3 is 10.5 Å². The van der Waals surface area contributed by atoms with Gasteiger partial charge in [-0.05, 0) is 12.1 Å². The van der Waals surface area contributed by atoms with Crippen molar-refractivity contribution in [2.75, 3.05) is 12.8 Å². The summed E-state index contributed by atoms with van der Waals surface area (Å²) in [5.41, 5.74) is 7.73. The number of methoxy groups -OCH3 is 1. The van der Waals surface area contributed by atoms with Crippen LogP contribution in [-0.2, 0) is 0 Å². The standard InChI is InChI=1S/C11H10N4OS/c1-16-9-5-3-2-4-7(9)8-6-17-11-14-13-10(12)15(8)11/h2-6H,1H3,(H2,12,13). The number of aromatic nitrogens is 3. The predicted octanol–water partition coefficient (Wildman–Crippen LogP) is 2.05. The lowest BCUT2D eigenvalue weighted by Crippen LogP contribution is -1.96. The Bertz CT molecular complexity index is 673. The zero-order chi connectivity index (χ0) is 11.8. The van der Waals surface area contributed by atoms with Gasteiger partial charge in [0.15, 0.2) is 0 Å². The number of hydrogen-bond acceptors (Lipinski definition) is 5. The van der Waals surface area contributed by atoms with Crippen molar-refractivity contribution in [1.29, 1.82) is 0 Å². The maximum absolute atomic E-state index is 5.81. The molecule has 5 nitrogen and oxygen atoms in total. The highest BCUT2D eigenvalue weighted by molar-refractivity contribution is 7.15. The number of fused-ring (bicyclic) bond motifs is 1. The van der Waals surface area contributed by atoms with E-state index >= 15 is 0 Å². The monoisotopic (exact) mass is 246 g/mol. The maximum Gasteiger partial charge on any atom is 0.227 e. The molecule has 0 atom stereocenters. The smallest absolute Gasteiger partial charge is 0.227 e. The van der Waals surface area contributed by atoms with Gasteiger partial charge in [-0.3, -0.25) is 4.40 Å². The number of rotatable bonds is 2. The Morgan fingerprint density at radius 3 is 2.94 bits per heavy atom. The van der Waals surface area contributed by atoms with Crippen molar-refractivity contribution in [3.8, 4) is 17.0 Å². The van der Waals surface area contributed by atoms with Gasteiger partial charge in [0.05, 0.1) is 12.8 Å². The van der Waals surface area contributed by atoms with Gasteiger partial charge in [-0.1, -0.05) is 12.1 Å². The van der Waals surface area contributed by atoms with Crippen LogP contribution < -0.4 is 10.5 Å². The average molecular weight is 246 g/mol. The van der Waals surface area contributed by atoms with Crippen molar-refractivity contribution in [3.63, 3.8) is 0 Å². The molecule has 0 amide bonds. The fourth-order valence-electron chi connectivity index (χ4n) is 1.79. The van der Waals surface area contributed by atoms with E-state index in [1.807, 2.05) is 34.0 Å². The molecular formula is C11H10N4OS. The zero-order valence-electron chi connectivity index (χ0n) is 9.12. The van der Waals surface area contributed by atoms with Gasteiger partial charge in [0, 0.05) is 10.9 Å². The van der Waals surface area contributed by atoms with Crippen LogP contribution in [0.25, 0.3) is 16.2 Å². The maximum atomic E-state index is 5.81. The molecule has 0 saturated carbocycles. The number of benzene rings is 1. The Labute approximate surface area is 101 Å². The summed E-state index contributed by atoms with van der Waals surface area (Å²) in [6, 6.07) is 7.79. The number of ether oxygens (including phenoxy) is 1. The molecule has 0 fully saturated rings. The molecule has 3 rings (SSSR count). The summed E-state index contributed by atoms with van der Waals surface area (Å²) in [7, 11) is 1.65. The first-order valence-electron chi connectivity index (χ1n) is 5.02. The van der Waals surface area contributed by atoms with Crippen LogP contribution in [-0.4, -0.2) is 21.7 Å². The highest BCUT2D eigenvalue weighted by Crippen LogP contribution is 2.33. The first-order chi connectivity index (χ1) is 8.31. The molecule has 0 radical (unpaired) electrons. The van der Waals surface area contributed by atoms with Gasteiger partial charge in [-0.2, -0.15) is 0 Å². The van der Waals surface area contributed by atoms with Gasteiger partial charge >= 0.3 is 0 Å². The van der Waals surface area contributed by atoms with E-state index < -0.39 is 0 Å². The average Bonchev–Trinajstić information content (AvgIpc) is 2.93. The second-order valence-corrected chi connectivity index (χ2v) is 4.33. The van der Waals surface area contributed by atoms with E-state index in [2.05, 4.69) is 10.2 Å². The van der Waals surface area contributed by atoms with E-state index in [0.717, 1.165) is 22.0 Å². The summed E-state index contributed by atoms with van der Waals surface area (Å²) in [6.07, 6.45) is 0. The summed E-state index contributed by atoms with van der Waals surface area (Å²) in [5, 5.41) is 9.84. The third-order valence-electron chi connectivity index (χ3n) is 2.56. The molecule has 0 spiro atoms. The van der Waals surface area contributed by atoms with Crippen LogP contribution in [0.1, 0.15) is 0 Å². The van der Waals surface area contributed by atoms with Crippen molar-refractivity contribution in [2.45, 2.75) is 0 Å². The number of anilines is 1. The van der Waals surface area contributed by atoms with Crippen LogP contribution in [0.15, 0.2) is 29.6 Å². The SMILES string of the molecule is COc1ccccc1-c1csc2nnc(N)n12. The molecule has 0 saturated heterocycles. The van der Waals surface area contributed by atoms with Crippen molar-refractivity contribution < 1.29 is 4.74 Å². The van der Waals surface area contributed by atoms with Gasteiger partial charge in [0.1, 0.15) is 5.75 Å². The lowest BCUT2D eigenvalue weighted by Gasteiger charge is -2.07. The Balaban J connectivity index is 2.30. The number of nitrogens with two attached hydrogens (primary N) is 1. The van der Waals surface area contributed by atoms with Crippen LogP contribution in [0, 0.1) is 0 Å². The second kappa shape index (κ2) is 3.74. The summed E-state index contributed by atoms with van der Waals surface area (Å²) in [4.78, 5) is 0.781. The molecule has 2 N–H and O–H groups in total. The minimum atomic E-state index is 0.391. The molecular weight excluding hydrogens is 236 g/mol. The van der Waals surface area contributed by atoms with Crippen molar-refractivity contribution >= 4 is 22.2 Å². The highest BCUT2D eigenvalue weighted by Gasteiger charge is 2.13. The Hall–Kier alpha value is -2.08. The lowest BCUT2D eigenvalue weighted by molar-refractivity contribution is 0.416. The molecule has 0 aliphatic rings. The van der Waals surface area contributed by atoms with Crippen LogP contribution in [0.2, 0.25) is 0 Å². The van der Waals surface area contributed by atoms with Crippen molar-refractivity contribution in [3.05, 3.63) is 29.6 Å². The summed E-state index contributed by atoms with van der Waals surface area (Å²) in [6.45, 7) is 0. The van der Waals surface area contributed by atoms with E-state index in [4.69, 9.17) is 10.5 Å². The third-order valence-corrected chi connectivity index (χ3v) is 3.37. The molecule has 2 heterocycles. The number of thiazole rings is 1. The van der Waals surface area contributed by atoms with E-state index in [0.29, 0.717) is 5.95 Å². The first kappa shape index (κ1) is 10.1. The van der Waals surface area contributed by atoms with Crippen LogP contribution >= 0.6 is 11.3 Å². The van der Waals surface area contributed by atoms with E-state index in [1.54, 1.807) is 7.11 Å². The van der Waals surface area contributed by atoms with Crippen molar-refractivity contribution in [1.82, 2.24) is 14.6 Å². The van der Waals surface area contributed by atoms with Gasteiger partial charge in [-0.15, -0.1) is 21.5 Å². The van der Waals surface area contributed by atoms with E-state index in [-0.39, 0.29) is 0 Å². The molecule has 0 unspecified atom stereocenters. The minimum Gasteiger partial charge on any atom is -0.496 e. The molecule has 17 heavy (non-hydrogen) atoms. The Kier molecular flexibility index (Phi) is 2.22. The van der Waals surface area contributed by atoms with Crippen molar-refractivity contribution in [2.24, 2.45) is 0 Å². The fraction of sp³-hybridized carbons (Fsp3) is 0.0909. The zero-order valence-corrected chi connectivity index (χ0v) is 9.94. The first-order valence-corrected chi connectivity index (χ1v) is 5.90. The lowest BCUT2D eigenvalue weighted by atomic mass is 10.1. The van der Waals surface area contributed by atoms with Gasteiger partial charge in [-0.25, -0.2) is 0 Å². The molecule has 0 aliphatic carbocycles. The summed E-state index contributed by atoms with van der Waals surface area (Å²) >= 11 is 1.50. The third kappa shape index (κ3) is 1.45. The quantitative estimate of drug-likeness (QED) is 0.751. The highest BCUT2D eigenvalue weighted by atomic mass is 32.1. The Morgan fingerprint density at radius 1 is 1.29 bits per heavy atom. The molecule has 6 heteroatoms. The molecule has 1 aromatic carbocycles. The summed E-state index contributed by atoms with van der Waals surface area (Å²) in [5.74, 6) is 1.20. The van der Waals surface area contributed by atoms with Gasteiger partial charge in [0.25, 0.3) is 0 Å². The number of nitrogens with zero attached hydrogens (tertiary/aromatic N) is 3. The number of nitrogen functional groups attached to an aromatic ring is 1. The molecule has 0 aliphatic heterocycles. The number of hydrogen-bond donors (Lipinski definition) is 1. The Morgan fingerprint density at radius 2 is 2.12 bits per heavy atom. The molecule has 0 bridgehead atoms. The molecule has 3 aromatic rings.